The summed E-state index contributed by atoms with van der Waals surface area (Å²) in [6, 6.07) is 15.8. The van der Waals surface area contributed by atoms with Gasteiger partial charge in [0, 0.05) is 6.54 Å². The molecule has 0 heterocycles. The Hall–Kier alpha value is -2.36. The summed E-state index contributed by atoms with van der Waals surface area (Å²) in [4.78, 5) is 11.9. The summed E-state index contributed by atoms with van der Waals surface area (Å²) in [5.74, 6) is -0.0175. The number of carbonyl (C=O) groups is 1. The molecule has 0 aromatic heterocycles. The maximum Gasteiger partial charge on any atom is 0.260 e. The van der Waals surface area contributed by atoms with Gasteiger partial charge in [-0.3, -0.25) is 4.79 Å². The van der Waals surface area contributed by atoms with Crippen LogP contribution in [0.2, 0.25) is 0 Å². The predicted molar refractivity (Wildman–Crippen MR) is 84.3 cm³/mol. The molecule has 1 N–H and O–H groups in total. The number of amides is 1. The van der Waals surface area contributed by atoms with E-state index in [4.69, 9.17) is 4.74 Å². The van der Waals surface area contributed by atoms with E-state index >= 15 is 0 Å². The highest BCUT2D eigenvalue weighted by Gasteiger charge is 2.13. The Bertz CT molecular complexity index is 584. The van der Waals surface area contributed by atoms with Crippen molar-refractivity contribution in [3.05, 3.63) is 66.0 Å². The molecule has 0 aliphatic rings. The van der Waals surface area contributed by atoms with Gasteiger partial charge in [-0.1, -0.05) is 30.3 Å². The highest BCUT2D eigenvalue weighted by Crippen LogP contribution is 2.13. The maximum atomic E-state index is 12.8. The van der Waals surface area contributed by atoms with Crippen LogP contribution in [0.5, 0.6) is 5.75 Å². The summed E-state index contributed by atoms with van der Waals surface area (Å²) in [7, 11) is 0. The molecular weight excluding hydrogens is 281 g/mol. The molecule has 0 radical (unpaired) electrons. The minimum Gasteiger partial charge on any atom is -0.481 e. The number of carbonyl (C=O) groups excluding carboxylic acids is 1. The van der Waals surface area contributed by atoms with E-state index in [0.717, 1.165) is 12.8 Å². The second kappa shape index (κ2) is 8.17. The van der Waals surface area contributed by atoms with E-state index < -0.39 is 6.10 Å². The number of hydrogen-bond acceptors (Lipinski definition) is 2. The number of benzene rings is 2. The van der Waals surface area contributed by atoms with Gasteiger partial charge >= 0.3 is 0 Å². The van der Waals surface area contributed by atoms with Crippen molar-refractivity contribution in [1.82, 2.24) is 5.32 Å². The monoisotopic (exact) mass is 301 g/mol. The van der Waals surface area contributed by atoms with Gasteiger partial charge in [-0.25, -0.2) is 4.39 Å². The number of aryl methyl sites for hydroxylation is 1. The average Bonchev–Trinajstić information content (AvgIpc) is 2.54. The first-order valence-corrected chi connectivity index (χ1v) is 7.39. The molecule has 0 aliphatic carbocycles. The third-order valence-corrected chi connectivity index (χ3v) is 3.28. The lowest BCUT2D eigenvalue weighted by atomic mass is 10.1. The lowest BCUT2D eigenvalue weighted by molar-refractivity contribution is -0.127. The van der Waals surface area contributed by atoms with Gasteiger partial charge in [0.1, 0.15) is 11.6 Å². The number of halogens is 1. The zero-order valence-electron chi connectivity index (χ0n) is 12.6. The largest absolute Gasteiger partial charge is 0.481 e. The summed E-state index contributed by atoms with van der Waals surface area (Å²) >= 11 is 0. The minimum atomic E-state index is -0.609. The van der Waals surface area contributed by atoms with Crippen LogP contribution in [0.4, 0.5) is 4.39 Å². The zero-order chi connectivity index (χ0) is 15.8. The molecule has 0 bridgehead atoms. The lowest BCUT2D eigenvalue weighted by Crippen LogP contribution is -2.36. The van der Waals surface area contributed by atoms with Gasteiger partial charge in [-0.05, 0) is 49.6 Å². The van der Waals surface area contributed by atoms with Crippen LogP contribution in [0.15, 0.2) is 54.6 Å². The standard InChI is InChI=1S/C18H20FNO2/c1-14(22-17-11-9-16(19)10-12-17)18(21)20-13-5-8-15-6-3-2-4-7-15/h2-4,6-7,9-12,14H,5,8,13H2,1H3,(H,20,21)/t14-/m1/s1. The lowest BCUT2D eigenvalue weighted by Gasteiger charge is -2.14. The van der Waals surface area contributed by atoms with Crippen LogP contribution in [0, 0.1) is 5.82 Å². The molecule has 2 aromatic carbocycles. The topological polar surface area (TPSA) is 38.3 Å². The van der Waals surface area contributed by atoms with Crippen molar-refractivity contribution in [2.75, 3.05) is 6.54 Å². The molecule has 116 valence electrons. The Labute approximate surface area is 130 Å². The summed E-state index contributed by atoms with van der Waals surface area (Å²) in [5, 5.41) is 2.85. The first kappa shape index (κ1) is 16.0. The second-order valence-corrected chi connectivity index (χ2v) is 5.09. The highest BCUT2D eigenvalue weighted by molar-refractivity contribution is 5.80. The summed E-state index contributed by atoms with van der Waals surface area (Å²) in [5.41, 5.74) is 1.26. The zero-order valence-corrected chi connectivity index (χ0v) is 12.6. The summed E-state index contributed by atoms with van der Waals surface area (Å²) in [6.07, 6.45) is 1.19. The second-order valence-electron chi connectivity index (χ2n) is 5.09. The SMILES string of the molecule is C[C@@H](Oc1ccc(F)cc1)C(=O)NCCCc1ccccc1. The van der Waals surface area contributed by atoms with Gasteiger partial charge in [0.25, 0.3) is 5.91 Å². The van der Waals surface area contributed by atoms with Gasteiger partial charge in [0.05, 0.1) is 0 Å². The first-order chi connectivity index (χ1) is 10.6. The van der Waals surface area contributed by atoms with E-state index in [0.29, 0.717) is 12.3 Å². The Morgan fingerprint density at radius 1 is 1.14 bits per heavy atom. The van der Waals surface area contributed by atoms with Crippen molar-refractivity contribution in [1.29, 1.82) is 0 Å². The molecule has 2 aromatic rings. The highest BCUT2D eigenvalue weighted by atomic mass is 19.1. The molecule has 0 saturated carbocycles. The Morgan fingerprint density at radius 3 is 2.50 bits per heavy atom. The minimum absolute atomic E-state index is 0.169. The van der Waals surface area contributed by atoms with Gasteiger partial charge in [0.15, 0.2) is 6.10 Å². The fourth-order valence-corrected chi connectivity index (χ4v) is 2.06. The molecule has 1 amide bonds. The van der Waals surface area contributed by atoms with Crippen molar-refractivity contribution in [2.24, 2.45) is 0 Å². The Kier molecular flexibility index (Phi) is 5.95. The number of rotatable bonds is 7. The van der Waals surface area contributed by atoms with E-state index in [-0.39, 0.29) is 11.7 Å². The molecule has 22 heavy (non-hydrogen) atoms. The number of nitrogens with one attached hydrogen (secondary N) is 1. The molecule has 0 fully saturated rings. The van der Waals surface area contributed by atoms with Gasteiger partial charge in [0.2, 0.25) is 0 Å². The molecule has 0 unspecified atom stereocenters. The van der Waals surface area contributed by atoms with E-state index in [1.807, 2.05) is 18.2 Å². The molecule has 0 saturated heterocycles. The van der Waals surface area contributed by atoms with Crippen LogP contribution < -0.4 is 10.1 Å². The van der Waals surface area contributed by atoms with Crippen LogP contribution in [-0.2, 0) is 11.2 Å². The third kappa shape index (κ3) is 5.20. The molecule has 0 spiro atoms. The van der Waals surface area contributed by atoms with E-state index in [1.165, 1.54) is 29.8 Å². The number of ether oxygens (including phenoxy) is 1. The fourth-order valence-electron chi connectivity index (χ4n) is 2.06. The van der Waals surface area contributed by atoms with Crippen molar-refractivity contribution in [2.45, 2.75) is 25.9 Å². The van der Waals surface area contributed by atoms with Gasteiger partial charge in [-0.15, -0.1) is 0 Å². The van der Waals surface area contributed by atoms with Crippen molar-refractivity contribution in [3.8, 4) is 5.75 Å². The first-order valence-electron chi connectivity index (χ1n) is 7.39. The van der Waals surface area contributed by atoms with Gasteiger partial charge in [-0.2, -0.15) is 0 Å². The molecule has 1 atom stereocenters. The average molecular weight is 301 g/mol. The van der Waals surface area contributed by atoms with Crippen molar-refractivity contribution >= 4 is 5.91 Å². The summed E-state index contributed by atoms with van der Waals surface area (Å²) in [6.45, 7) is 2.28. The van der Waals surface area contributed by atoms with Crippen molar-refractivity contribution < 1.29 is 13.9 Å². The van der Waals surface area contributed by atoms with Crippen LogP contribution in [0.3, 0.4) is 0 Å². The maximum absolute atomic E-state index is 12.8. The van der Waals surface area contributed by atoms with Crippen LogP contribution >= 0.6 is 0 Å². The summed E-state index contributed by atoms with van der Waals surface area (Å²) < 4.78 is 18.3. The number of hydrogen-bond donors (Lipinski definition) is 1. The predicted octanol–water partition coefficient (Wildman–Crippen LogP) is 3.34. The van der Waals surface area contributed by atoms with E-state index in [2.05, 4.69) is 17.4 Å². The third-order valence-electron chi connectivity index (χ3n) is 3.28. The smallest absolute Gasteiger partial charge is 0.260 e. The quantitative estimate of drug-likeness (QED) is 0.797. The van der Waals surface area contributed by atoms with Crippen LogP contribution in [0.25, 0.3) is 0 Å². The molecule has 4 heteroatoms. The van der Waals surface area contributed by atoms with E-state index in [9.17, 15) is 9.18 Å². The molecule has 2 rings (SSSR count). The van der Waals surface area contributed by atoms with Crippen LogP contribution in [0.1, 0.15) is 18.9 Å². The fraction of sp³-hybridized carbons (Fsp3) is 0.278. The van der Waals surface area contributed by atoms with Crippen LogP contribution in [-0.4, -0.2) is 18.6 Å². The van der Waals surface area contributed by atoms with E-state index in [1.54, 1.807) is 6.92 Å². The van der Waals surface area contributed by atoms with Gasteiger partial charge < -0.3 is 10.1 Å². The normalized spacial score (nSPS) is 11.7. The molecule has 0 aliphatic heterocycles. The molecular formula is C18H20FNO2. The Balaban J connectivity index is 1.69. The Morgan fingerprint density at radius 2 is 1.82 bits per heavy atom. The molecule has 3 nitrogen and oxygen atoms in total. The van der Waals surface area contributed by atoms with Crippen molar-refractivity contribution in [3.63, 3.8) is 0 Å².